The summed E-state index contributed by atoms with van der Waals surface area (Å²) in [6.07, 6.45) is -0.820. The third-order valence-corrected chi connectivity index (χ3v) is 2.48. The van der Waals surface area contributed by atoms with E-state index >= 15 is 0 Å². The van der Waals surface area contributed by atoms with Crippen LogP contribution in [0.1, 0.15) is 5.56 Å². The predicted octanol–water partition coefficient (Wildman–Crippen LogP) is 2.39. The molecule has 0 unspecified atom stereocenters. The first-order valence-corrected chi connectivity index (χ1v) is 6.22. The Labute approximate surface area is 122 Å². The van der Waals surface area contributed by atoms with Crippen LogP contribution in [0.15, 0.2) is 59.6 Å². The molecule has 0 aliphatic heterocycles. The first-order chi connectivity index (χ1) is 10.1. The Balaban J connectivity index is 1.90. The van der Waals surface area contributed by atoms with E-state index < -0.39 is 6.09 Å². The number of hydrogen-bond acceptors (Lipinski definition) is 3. The van der Waals surface area contributed by atoms with E-state index in [9.17, 15) is 4.79 Å². The van der Waals surface area contributed by atoms with Gasteiger partial charge < -0.3 is 20.9 Å². The highest BCUT2D eigenvalue weighted by Crippen LogP contribution is 2.21. The van der Waals surface area contributed by atoms with Crippen LogP contribution in [0.3, 0.4) is 0 Å². The van der Waals surface area contributed by atoms with Gasteiger partial charge in [0.25, 0.3) is 0 Å². The normalized spacial score (nSPS) is 9.71. The smallest absolute Gasteiger partial charge is 0.437 e. The highest BCUT2D eigenvalue weighted by Gasteiger charge is 2.02. The molecule has 21 heavy (non-hydrogen) atoms. The van der Waals surface area contributed by atoms with E-state index in [4.69, 9.17) is 20.9 Å². The lowest BCUT2D eigenvalue weighted by Gasteiger charge is -2.06. The zero-order valence-corrected chi connectivity index (χ0v) is 11.2. The van der Waals surface area contributed by atoms with Crippen LogP contribution in [0, 0.1) is 0 Å². The number of amides is 1. The van der Waals surface area contributed by atoms with Gasteiger partial charge in [0, 0.05) is 0 Å². The number of nitrogens with zero attached hydrogens (tertiary/aromatic N) is 1. The minimum atomic E-state index is -0.820. The third kappa shape index (κ3) is 4.87. The van der Waals surface area contributed by atoms with Crippen molar-refractivity contribution in [3.63, 3.8) is 0 Å². The fourth-order valence-corrected chi connectivity index (χ4v) is 1.56. The van der Waals surface area contributed by atoms with Crippen LogP contribution < -0.4 is 16.2 Å². The molecule has 0 heterocycles. The van der Waals surface area contributed by atoms with Crippen molar-refractivity contribution in [2.24, 2.45) is 16.5 Å². The Hall–Kier alpha value is -3.02. The number of para-hydroxylation sites is 1. The van der Waals surface area contributed by atoms with Crippen LogP contribution in [0.5, 0.6) is 11.5 Å². The van der Waals surface area contributed by atoms with Gasteiger partial charge in [-0.25, -0.2) is 4.79 Å². The molecule has 0 atom stereocenters. The average Bonchev–Trinajstić information content (AvgIpc) is 2.47. The Morgan fingerprint density at radius 1 is 0.952 bits per heavy atom. The lowest BCUT2D eigenvalue weighted by atomic mass is 10.2. The Morgan fingerprint density at radius 3 is 2.19 bits per heavy atom. The Kier molecular flexibility index (Phi) is 4.76. The summed E-state index contributed by atoms with van der Waals surface area (Å²) >= 11 is 0. The molecule has 0 aliphatic rings. The lowest BCUT2D eigenvalue weighted by Crippen LogP contribution is -2.24. The summed E-state index contributed by atoms with van der Waals surface area (Å²) in [4.78, 5) is 14.4. The van der Waals surface area contributed by atoms with Gasteiger partial charge in [-0.1, -0.05) is 30.3 Å². The molecule has 108 valence electrons. The predicted molar refractivity (Wildman–Crippen MR) is 79.0 cm³/mol. The van der Waals surface area contributed by atoms with Crippen molar-refractivity contribution in [1.82, 2.24) is 0 Å². The van der Waals surface area contributed by atoms with E-state index in [0.29, 0.717) is 5.75 Å². The molecule has 0 saturated carbocycles. The molecule has 6 heteroatoms. The van der Waals surface area contributed by atoms with E-state index in [-0.39, 0.29) is 12.6 Å². The summed E-state index contributed by atoms with van der Waals surface area (Å²) in [6, 6.07) is 16.6. The maximum atomic E-state index is 11.1. The second-order valence-corrected chi connectivity index (χ2v) is 4.15. The van der Waals surface area contributed by atoms with E-state index in [1.807, 2.05) is 30.3 Å². The minimum Gasteiger partial charge on any atom is -0.457 e. The molecule has 0 saturated heterocycles. The molecule has 0 spiro atoms. The third-order valence-electron chi connectivity index (χ3n) is 2.48. The van der Waals surface area contributed by atoms with Crippen molar-refractivity contribution < 1.29 is 14.3 Å². The van der Waals surface area contributed by atoms with Crippen molar-refractivity contribution in [2.45, 2.75) is 6.61 Å². The summed E-state index contributed by atoms with van der Waals surface area (Å²) in [7, 11) is 0. The number of nitrogens with two attached hydrogens (primary N) is 2. The first kappa shape index (κ1) is 14.4. The number of hydrogen-bond donors (Lipinski definition) is 2. The largest absolute Gasteiger partial charge is 0.457 e. The van der Waals surface area contributed by atoms with E-state index in [0.717, 1.165) is 11.3 Å². The molecule has 1 amide bonds. The number of benzene rings is 2. The Bertz CT molecular complexity index is 620. The topological polar surface area (TPSA) is 99.9 Å². The number of ether oxygens (including phenoxy) is 2. The average molecular weight is 285 g/mol. The van der Waals surface area contributed by atoms with Crippen LogP contribution >= 0.6 is 0 Å². The zero-order chi connectivity index (χ0) is 15.1. The fraction of sp³-hybridized carbons (Fsp3) is 0.0667. The monoisotopic (exact) mass is 285 g/mol. The number of guanidine groups is 1. The van der Waals surface area contributed by atoms with Crippen molar-refractivity contribution in [1.29, 1.82) is 0 Å². The lowest BCUT2D eigenvalue weighted by molar-refractivity contribution is 0.151. The van der Waals surface area contributed by atoms with E-state index in [1.54, 1.807) is 24.3 Å². The highest BCUT2D eigenvalue weighted by atomic mass is 16.5. The summed E-state index contributed by atoms with van der Waals surface area (Å²) < 4.78 is 10.5. The highest BCUT2D eigenvalue weighted by molar-refractivity contribution is 5.87. The Morgan fingerprint density at radius 2 is 1.57 bits per heavy atom. The maximum absolute atomic E-state index is 11.1. The van der Waals surface area contributed by atoms with E-state index in [1.165, 1.54) is 0 Å². The first-order valence-electron chi connectivity index (χ1n) is 6.22. The molecule has 0 aliphatic carbocycles. The SMILES string of the molecule is NC(N)=NC(=O)OCc1ccc(Oc2ccccc2)cc1. The minimum absolute atomic E-state index is 0.0846. The quantitative estimate of drug-likeness (QED) is 0.663. The maximum Gasteiger partial charge on any atom is 0.437 e. The number of rotatable bonds is 4. The van der Waals surface area contributed by atoms with Crippen LogP contribution in [-0.4, -0.2) is 12.1 Å². The molecule has 0 aromatic heterocycles. The van der Waals surface area contributed by atoms with Gasteiger partial charge in [0.1, 0.15) is 18.1 Å². The molecule has 0 bridgehead atoms. The second kappa shape index (κ2) is 6.95. The molecule has 4 N–H and O–H groups in total. The molecule has 0 radical (unpaired) electrons. The van der Waals surface area contributed by atoms with Gasteiger partial charge in [0.05, 0.1) is 0 Å². The number of aliphatic imine (C=N–C) groups is 1. The number of carbonyl (C=O) groups excluding carboxylic acids is 1. The van der Waals surface area contributed by atoms with Crippen molar-refractivity contribution >= 4 is 12.1 Å². The second-order valence-electron chi connectivity index (χ2n) is 4.15. The molecule has 2 rings (SSSR count). The van der Waals surface area contributed by atoms with Gasteiger partial charge in [0.15, 0.2) is 5.96 Å². The summed E-state index contributed by atoms with van der Waals surface area (Å²) in [5.41, 5.74) is 10.9. The molecular formula is C15H15N3O3. The van der Waals surface area contributed by atoms with Gasteiger partial charge in [-0.05, 0) is 29.8 Å². The van der Waals surface area contributed by atoms with Crippen molar-refractivity contribution in [2.75, 3.05) is 0 Å². The zero-order valence-electron chi connectivity index (χ0n) is 11.2. The van der Waals surface area contributed by atoms with Crippen LogP contribution in [0.2, 0.25) is 0 Å². The molecular weight excluding hydrogens is 270 g/mol. The van der Waals surface area contributed by atoms with Crippen LogP contribution in [-0.2, 0) is 11.3 Å². The molecule has 6 nitrogen and oxygen atoms in total. The fourth-order valence-electron chi connectivity index (χ4n) is 1.56. The van der Waals surface area contributed by atoms with Gasteiger partial charge in [-0.2, -0.15) is 0 Å². The van der Waals surface area contributed by atoms with Crippen LogP contribution in [0.25, 0.3) is 0 Å². The van der Waals surface area contributed by atoms with Crippen molar-refractivity contribution in [3.05, 3.63) is 60.2 Å². The van der Waals surface area contributed by atoms with Crippen molar-refractivity contribution in [3.8, 4) is 11.5 Å². The summed E-state index contributed by atoms with van der Waals surface area (Å²) in [6.45, 7) is 0.0846. The van der Waals surface area contributed by atoms with Crippen LogP contribution in [0.4, 0.5) is 4.79 Å². The molecule has 0 fully saturated rings. The van der Waals surface area contributed by atoms with Gasteiger partial charge in [0.2, 0.25) is 0 Å². The van der Waals surface area contributed by atoms with Gasteiger partial charge in [-0.15, -0.1) is 4.99 Å². The standard InChI is InChI=1S/C15H15N3O3/c16-14(17)18-15(19)20-10-11-6-8-13(9-7-11)21-12-4-2-1-3-5-12/h1-9H,10H2,(H4,16,17,18,19). The summed E-state index contributed by atoms with van der Waals surface area (Å²) in [5.74, 6) is 1.12. The van der Waals surface area contributed by atoms with Gasteiger partial charge in [-0.3, -0.25) is 0 Å². The number of carbonyl (C=O) groups is 1. The molecule has 2 aromatic carbocycles. The van der Waals surface area contributed by atoms with Gasteiger partial charge >= 0.3 is 6.09 Å². The molecule has 2 aromatic rings. The summed E-state index contributed by atoms with van der Waals surface area (Å²) in [5, 5.41) is 0. The van der Waals surface area contributed by atoms with E-state index in [2.05, 4.69) is 4.99 Å².